The molecule has 1 unspecified atom stereocenters. The Hall–Kier alpha value is -0.860. The fourth-order valence-electron chi connectivity index (χ4n) is 2.32. The van der Waals surface area contributed by atoms with Crippen LogP contribution >= 0.6 is 24.0 Å². The van der Waals surface area contributed by atoms with Crippen LogP contribution < -0.4 is 5.32 Å². The average molecular weight is 382 g/mol. The second kappa shape index (κ2) is 8.30. The van der Waals surface area contributed by atoms with Crippen molar-refractivity contribution < 1.29 is 13.2 Å². The van der Waals surface area contributed by atoms with E-state index in [0.29, 0.717) is 18.1 Å². The van der Waals surface area contributed by atoms with Gasteiger partial charge >= 0.3 is 0 Å². The molecule has 130 valence electrons. The molecule has 0 aliphatic carbocycles. The Morgan fingerprint density at radius 3 is 2.57 bits per heavy atom. The molecule has 23 heavy (non-hydrogen) atoms. The first kappa shape index (κ1) is 20.2. The summed E-state index contributed by atoms with van der Waals surface area (Å²) in [5, 5.41) is 3.71. The zero-order chi connectivity index (χ0) is 16.3. The highest BCUT2D eigenvalue weighted by atomic mass is 35.5. The molecule has 1 amide bonds. The van der Waals surface area contributed by atoms with Gasteiger partial charge in [0.15, 0.2) is 0 Å². The lowest BCUT2D eigenvalue weighted by atomic mass is 10.2. The molecular weight excluding hydrogens is 361 g/mol. The van der Waals surface area contributed by atoms with E-state index in [2.05, 4.69) is 5.32 Å². The number of nitrogens with one attached hydrogen (secondary N) is 1. The third kappa shape index (κ3) is 5.06. The van der Waals surface area contributed by atoms with Crippen molar-refractivity contribution in [3.63, 3.8) is 0 Å². The maximum Gasteiger partial charge on any atom is 0.243 e. The molecule has 1 saturated heterocycles. The number of carbonyl (C=O) groups is 1. The fraction of sp³-hybridized carbons (Fsp3) is 0.500. The lowest BCUT2D eigenvalue weighted by molar-refractivity contribution is -0.132. The third-order valence-electron chi connectivity index (χ3n) is 3.60. The van der Waals surface area contributed by atoms with Gasteiger partial charge in [-0.2, -0.15) is 4.31 Å². The van der Waals surface area contributed by atoms with Gasteiger partial charge in [-0.25, -0.2) is 8.42 Å². The van der Waals surface area contributed by atoms with Gasteiger partial charge in [0.1, 0.15) is 0 Å². The summed E-state index contributed by atoms with van der Waals surface area (Å²) in [5.41, 5.74) is 0. The van der Waals surface area contributed by atoms with Crippen molar-refractivity contribution in [2.75, 3.05) is 33.2 Å². The summed E-state index contributed by atoms with van der Waals surface area (Å²) in [4.78, 5) is 14.1. The van der Waals surface area contributed by atoms with Crippen LogP contribution in [0, 0.1) is 0 Å². The molecule has 2 rings (SSSR count). The van der Waals surface area contributed by atoms with E-state index >= 15 is 0 Å². The van der Waals surface area contributed by atoms with Gasteiger partial charge in [-0.3, -0.25) is 4.79 Å². The van der Waals surface area contributed by atoms with Crippen LogP contribution in [0.5, 0.6) is 0 Å². The minimum atomic E-state index is -3.69. The van der Waals surface area contributed by atoms with Crippen LogP contribution in [-0.4, -0.2) is 62.8 Å². The SMILES string of the molecule is CC1CN(C(=O)CN(C)S(=O)(=O)c2ccc(Cl)cc2)CCN1.Cl. The Labute approximate surface area is 148 Å². The number of piperazine rings is 1. The first-order valence-electron chi connectivity index (χ1n) is 7.04. The third-order valence-corrected chi connectivity index (χ3v) is 5.67. The van der Waals surface area contributed by atoms with Crippen molar-refractivity contribution in [2.24, 2.45) is 0 Å². The molecule has 0 bridgehead atoms. The van der Waals surface area contributed by atoms with Gasteiger partial charge < -0.3 is 10.2 Å². The molecule has 0 radical (unpaired) electrons. The average Bonchev–Trinajstić information content (AvgIpc) is 2.47. The summed E-state index contributed by atoms with van der Waals surface area (Å²) in [6.07, 6.45) is 0. The molecule has 1 aromatic carbocycles. The number of nitrogens with zero attached hydrogens (tertiary/aromatic N) is 2. The van der Waals surface area contributed by atoms with Crippen LogP contribution in [0.25, 0.3) is 0 Å². The molecule has 6 nitrogen and oxygen atoms in total. The highest BCUT2D eigenvalue weighted by molar-refractivity contribution is 7.89. The molecule has 1 heterocycles. The summed E-state index contributed by atoms with van der Waals surface area (Å²) in [6.45, 7) is 3.73. The highest BCUT2D eigenvalue weighted by Gasteiger charge is 2.27. The predicted octanol–water partition coefficient (Wildman–Crippen LogP) is 1.20. The molecule has 9 heteroatoms. The van der Waals surface area contributed by atoms with E-state index in [1.165, 1.54) is 31.3 Å². The van der Waals surface area contributed by atoms with Crippen molar-refractivity contribution in [3.8, 4) is 0 Å². The summed E-state index contributed by atoms with van der Waals surface area (Å²) < 4.78 is 25.9. The molecule has 0 aromatic heterocycles. The molecule has 1 atom stereocenters. The van der Waals surface area contributed by atoms with Gasteiger partial charge in [-0.1, -0.05) is 11.6 Å². The van der Waals surface area contributed by atoms with Gasteiger partial charge in [0.25, 0.3) is 0 Å². The van der Waals surface area contributed by atoms with E-state index in [-0.39, 0.29) is 35.8 Å². The van der Waals surface area contributed by atoms with Crippen molar-refractivity contribution in [2.45, 2.75) is 17.9 Å². The second-order valence-corrected chi connectivity index (χ2v) is 7.89. The Kier molecular flexibility index (Phi) is 7.29. The number of carbonyl (C=O) groups excluding carboxylic acids is 1. The van der Waals surface area contributed by atoms with Crippen LogP contribution in [0.15, 0.2) is 29.2 Å². The smallest absolute Gasteiger partial charge is 0.243 e. The number of amides is 1. The molecular formula is C14H21Cl2N3O3S. The number of sulfonamides is 1. The maximum absolute atomic E-state index is 12.4. The Balaban J connectivity index is 0.00000264. The zero-order valence-corrected chi connectivity index (χ0v) is 15.4. The minimum absolute atomic E-state index is 0. The monoisotopic (exact) mass is 381 g/mol. The first-order chi connectivity index (χ1) is 10.3. The largest absolute Gasteiger partial charge is 0.339 e. The maximum atomic E-state index is 12.4. The standard InChI is InChI=1S/C14H20ClN3O3S.ClH/c1-11-9-18(8-7-16-11)14(19)10-17(2)22(20,21)13-5-3-12(15)4-6-13;/h3-6,11,16H,7-10H2,1-2H3;1H. The summed E-state index contributed by atoms with van der Waals surface area (Å²) >= 11 is 5.77. The van der Waals surface area contributed by atoms with E-state index in [0.717, 1.165) is 10.8 Å². The van der Waals surface area contributed by atoms with Crippen LogP contribution in [0.4, 0.5) is 0 Å². The number of likely N-dealkylation sites (N-methyl/N-ethyl adjacent to an activating group) is 1. The van der Waals surface area contributed by atoms with Gasteiger partial charge in [0.2, 0.25) is 15.9 Å². The predicted molar refractivity (Wildman–Crippen MR) is 92.6 cm³/mol. The molecule has 0 spiro atoms. The fourth-order valence-corrected chi connectivity index (χ4v) is 3.57. The summed E-state index contributed by atoms with van der Waals surface area (Å²) in [6, 6.07) is 6.12. The van der Waals surface area contributed by atoms with E-state index in [1.807, 2.05) is 6.92 Å². The van der Waals surface area contributed by atoms with Gasteiger partial charge in [0, 0.05) is 37.7 Å². The van der Waals surface area contributed by atoms with E-state index in [4.69, 9.17) is 11.6 Å². The van der Waals surface area contributed by atoms with E-state index in [1.54, 1.807) is 4.90 Å². The molecule has 1 aliphatic heterocycles. The van der Waals surface area contributed by atoms with Crippen LogP contribution in [0.2, 0.25) is 5.02 Å². The van der Waals surface area contributed by atoms with Gasteiger partial charge in [-0.05, 0) is 31.2 Å². The first-order valence-corrected chi connectivity index (χ1v) is 8.85. The van der Waals surface area contributed by atoms with Crippen molar-refractivity contribution in [1.82, 2.24) is 14.5 Å². The van der Waals surface area contributed by atoms with Gasteiger partial charge in [-0.15, -0.1) is 12.4 Å². The molecule has 1 aromatic rings. The van der Waals surface area contributed by atoms with Crippen molar-refractivity contribution >= 4 is 39.9 Å². The Bertz CT molecular complexity index is 637. The van der Waals surface area contributed by atoms with Crippen molar-refractivity contribution in [1.29, 1.82) is 0 Å². The number of benzene rings is 1. The van der Waals surface area contributed by atoms with Crippen LogP contribution in [0.3, 0.4) is 0 Å². The van der Waals surface area contributed by atoms with Crippen LogP contribution in [0.1, 0.15) is 6.92 Å². The highest BCUT2D eigenvalue weighted by Crippen LogP contribution is 2.17. The van der Waals surface area contributed by atoms with E-state index in [9.17, 15) is 13.2 Å². The van der Waals surface area contributed by atoms with Gasteiger partial charge in [0.05, 0.1) is 11.4 Å². The summed E-state index contributed by atoms with van der Waals surface area (Å²) in [5.74, 6) is -0.187. The normalized spacial score (nSPS) is 18.6. The number of hydrogen-bond donors (Lipinski definition) is 1. The number of rotatable bonds is 4. The topological polar surface area (TPSA) is 69.7 Å². The number of halogens is 2. The Morgan fingerprint density at radius 1 is 1.39 bits per heavy atom. The summed E-state index contributed by atoms with van der Waals surface area (Å²) in [7, 11) is -2.28. The van der Waals surface area contributed by atoms with Crippen LogP contribution in [-0.2, 0) is 14.8 Å². The quantitative estimate of drug-likeness (QED) is 0.850. The molecule has 1 N–H and O–H groups in total. The van der Waals surface area contributed by atoms with Crippen molar-refractivity contribution in [3.05, 3.63) is 29.3 Å². The minimum Gasteiger partial charge on any atom is -0.339 e. The number of hydrogen-bond acceptors (Lipinski definition) is 4. The molecule has 1 aliphatic rings. The molecule has 1 fully saturated rings. The molecule has 0 saturated carbocycles. The Morgan fingerprint density at radius 2 is 2.00 bits per heavy atom. The lowest BCUT2D eigenvalue weighted by Gasteiger charge is -2.32. The second-order valence-electron chi connectivity index (χ2n) is 5.41. The van der Waals surface area contributed by atoms with E-state index < -0.39 is 10.0 Å². The lowest BCUT2D eigenvalue weighted by Crippen LogP contribution is -2.53. The zero-order valence-electron chi connectivity index (χ0n) is 13.0.